The third-order valence-electron chi connectivity index (χ3n) is 3.84. The van der Waals surface area contributed by atoms with Gasteiger partial charge in [0, 0.05) is 19.3 Å². The molecule has 0 aliphatic carbocycles. The van der Waals surface area contributed by atoms with E-state index in [-0.39, 0.29) is 23.0 Å². The second-order valence-electron chi connectivity index (χ2n) is 5.31. The maximum atomic E-state index is 13.1. The van der Waals surface area contributed by atoms with E-state index in [1.165, 1.54) is 6.07 Å². The van der Waals surface area contributed by atoms with Gasteiger partial charge in [-0.05, 0) is 19.4 Å². The molecular formula is C14H14ClF3N2O4. The number of halogens is 4. The second kappa shape index (κ2) is 6.46. The zero-order chi connectivity index (χ0) is 18.1. The fourth-order valence-electron chi connectivity index (χ4n) is 2.48. The molecular weight excluding hydrogens is 353 g/mol. The third-order valence-corrected chi connectivity index (χ3v) is 4.11. The van der Waals surface area contributed by atoms with Crippen molar-refractivity contribution in [2.45, 2.75) is 19.5 Å². The van der Waals surface area contributed by atoms with Gasteiger partial charge in [0.2, 0.25) is 5.88 Å². The number of hydrogen-bond donors (Lipinski definition) is 1. The largest absolute Gasteiger partial charge is 0.481 e. The van der Waals surface area contributed by atoms with Crippen molar-refractivity contribution in [1.29, 1.82) is 0 Å². The number of pyridine rings is 1. The Labute approximate surface area is 140 Å². The molecule has 1 amide bonds. The van der Waals surface area contributed by atoms with Crippen LogP contribution in [0.4, 0.5) is 13.2 Å². The van der Waals surface area contributed by atoms with Gasteiger partial charge in [0.25, 0.3) is 5.91 Å². The number of hydrogen-bond acceptors (Lipinski definition) is 4. The number of ether oxygens (including phenoxy) is 1. The van der Waals surface area contributed by atoms with E-state index in [9.17, 15) is 22.8 Å². The highest BCUT2D eigenvalue weighted by atomic mass is 35.5. The van der Waals surface area contributed by atoms with Gasteiger partial charge >= 0.3 is 12.1 Å². The quantitative estimate of drug-likeness (QED) is 0.886. The Morgan fingerprint density at radius 1 is 1.50 bits per heavy atom. The first-order valence-corrected chi connectivity index (χ1v) is 7.38. The van der Waals surface area contributed by atoms with Crippen LogP contribution in [0.3, 0.4) is 0 Å². The van der Waals surface area contributed by atoms with Crippen LogP contribution in [-0.2, 0) is 4.79 Å². The Morgan fingerprint density at radius 3 is 2.62 bits per heavy atom. The van der Waals surface area contributed by atoms with Gasteiger partial charge in [0.1, 0.15) is 5.02 Å². The van der Waals surface area contributed by atoms with Gasteiger partial charge in [0.15, 0.2) is 5.41 Å². The van der Waals surface area contributed by atoms with Gasteiger partial charge < -0.3 is 14.7 Å². The summed E-state index contributed by atoms with van der Waals surface area (Å²) in [7, 11) is 0. The number of carboxylic acid groups (broad SMARTS) is 1. The van der Waals surface area contributed by atoms with Crippen LogP contribution < -0.4 is 4.74 Å². The molecule has 1 fully saturated rings. The molecule has 0 aromatic carbocycles. The number of likely N-dealkylation sites (tertiary alicyclic amines) is 1. The molecule has 10 heteroatoms. The van der Waals surface area contributed by atoms with E-state index < -0.39 is 36.4 Å². The monoisotopic (exact) mass is 366 g/mol. The fraction of sp³-hybridized carbons (Fsp3) is 0.500. The number of aromatic nitrogens is 1. The van der Waals surface area contributed by atoms with Gasteiger partial charge in [-0.25, -0.2) is 4.98 Å². The molecule has 0 saturated carbocycles. The average molecular weight is 367 g/mol. The Bertz CT molecular complexity index is 668. The molecule has 24 heavy (non-hydrogen) atoms. The molecule has 1 unspecified atom stereocenters. The number of carbonyl (C=O) groups is 2. The summed E-state index contributed by atoms with van der Waals surface area (Å²) < 4.78 is 44.5. The first-order chi connectivity index (χ1) is 11.1. The normalized spacial score (nSPS) is 21.0. The van der Waals surface area contributed by atoms with E-state index in [1.807, 2.05) is 0 Å². The number of aliphatic carboxylic acids is 1. The van der Waals surface area contributed by atoms with Crippen molar-refractivity contribution in [2.75, 3.05) is 19.7 Å². The smallest absolute Gasteiger partial charge is 0.406 e. The number of carbonyl (C=O) groups excluding carboxylic acids is 1. The van der Waals surface area contributed by atoms with Crippen molar-refractivity contribution in [3.63, 3.8) is 0 Å². The Morgan fingerprint density at radius 2 is 2.17 bits per heavy atom. The summed E-state index contributed by atoms with van der Waals surface area (Å²) in [6.07, 6.45) is -4.52. The maximum absolute atomic E-state index is 13.1. The van der Waals surface area contributed by atoms with Crippen molar-refractivity contribution >= 4 is 23.5 Å². The molecule has 2 rings (SSSR count). The highest BCUT2D eigenvalue weighted by molar-refractivity contribution is 6.32. The molecule has 2 heterocycles. The minimum atomic E-state index is -4.96. The van der Waals surface area contributed by atoms with Crippen LogP contribution in [0.25, 0.3) is 0 Å². The SMILES string of the molecule is CCOc1ncc(C(=O)N2CCC(C(=O)O)(C(F)(F)F)C2)cc1Cl. The predicted octanol–water partition coefficient (Wildman–Crippen LogP) is 2.61. The molecule has 1 aliphatic heterocycles. The first kappa shape index (κ1) is 18.3. The van der Waals surface area contributed by atoms with Gasteiger partial charge in [-0.2, -0.15) is 13.2 Å². The molecule has 0 bridgehead atoms. The van der Waals surface area contributed by atoms with Crippen LogP contribution >= 0.6 is 11.6 Å². The van der Waals surface area contributed by atoms with Crippen molar-refractivity contribution < 1.29 is 32.6 Å². The van der Waals surface area contributed by atoms with E-state index in [0.717, 1.165) is 11.1 Å². The zero-order valence-corrected chi connectivity index (χ0v) is 13.3. The van der Waals surface area contributed by atoms with Crippen LogP contribution in [-0.4, -0.2) is 52.7 Å². The van der Waals surface area contributed by atoms with Crippen LogP contribution in [0, 0.1) is 5.41 Å². The topological polar surface area (TPSA) is 79.7 Å². The molecule has 0 radical (unpaired) electrons. The van der Waals surface area contributed by atoms with E-state index >= 15 is 0 Å². The summed E-state index contributed by atoms with van der Waals surface area (Å²) in [5.41, 5.74) is -2.99. The lowest BCUT2D eigenvalue weighted by molar-refractivity contribution is -0.227. The van der Waals surface area contributed by atoms with E-state index in [1.54, 1.807) is 6.92 Å². The maximum Gasteiger partial charge on any atom is 0.406 e. The third kappa shape index (κ3) is 3.12. The van der Waals surface area contributed by atoms with Crippen molar-refractivity contribution in [1.82, 2.24) is 9.88 Å². The van der Waals surface area contributed by atoms with E-state index in [4.69, 9.17) is 21.4 Å². The van der Waals surface area contributed by atoms with Gasteiger partial charge in [-0.1, -0.05) is 11.6 Å². The van der Waals surface area contributed by atoms with Crippen molar-refractivity contribution in [3.05, 3.63) is 22.8 Å². The number of amides is 1. The highest BCUT2D eigenvalue weighted by Crippen LogP contribution is 2.46. The molecule has 1 aromatic rings. The van der Waals surface area contributed by atoms with Crippen LogP contribution in [0.2, 0.25) is 5.02 Å². The van der Waals surface area contributed by atoms with Gasteiger partial charge in [-0.3, -0.25) is 9.59 Å². The first-order valence-electron chi connectivity index (χ1n) is 7.00. The van der Waals surface area contributed by atoms with Crippen LogP contribution in [0.15, 0.2) is 12.3 Å². The molecule has 1 N–H and O–H groups in total. The number of carboxylic acids is 1. The highest BCUT2D eigenvalue weighted by Gasteiger charge is 2.64. The fourth-order valence-corrected chi connectivity index (χ4v) is 2.70. The average Bonchev–Trinajstić information content (AvgIpc) is 2.95. The lowest BCUT2D eigenvalue weighted by atomic mass is 9.86. The standard InChI is InChI=1S/C14H14ClF3N2O4/c1-2-24-10-9(15)5-8(6-19-10)11(21)20-4-3-13(7-20,12(22)23)14(16,17)18/h5-6H,2-4,7H2,1H3,(H,22,23). The summed E-state index contributed by atoms with van der Waals surface area (Å²) in [6, 6.07) is 1.23. The molecule has 1 aliphatic rings. The number of alkyl halides is 3. The van der Waals surface area contributed by atoms with E-state index in [2.05, 4.69) is 4.98 Å². The molecule has 1 saturated heterocycles. The minimum Gasteiger partial charge on any atom is -0.481 e. The summed E-state index contributed by atoms with van der Waals surface area (Å²) in [6.45, 7) is 0.744. The van der Waals surface area contributed by atoms with E-state index in [0.29, 0.717) is 6.61 Å². The Kier molecular flexibility index (Phi) is 4.93. The molecule has 6 nitrogen and oxygen atoms in total. The summed E-state index contributed by atoms with van der Waals surface area (Å²) in [5.74, 6) is -2.65. The summed E-state index contributed by atoms with van der Waals surface area (Å²) in [4.78, 5) is 28.2. The molecule has 1 aromatic heterocycles. The number of nitrogens with zero attached hydrogens (tertiary/aromatic N) is 2. The van der Waals surface area contributed by atoms with Crippen molar-refractivity contribution in [2.24, 2.45) is 5.41 Å². The minimum absolute atomic E-state index is 0.0354. The van der Waals surface area contributed by atoms with Crippen molar-refractivity contribution in [3.8, 4) is 5.88 Å². The summed E-state index contributed by atoms with van der Waals surface area (Å²) in [5, 5.41) is 9.04. The Hall–Kier alpha value is -2.03. The molecule has 1 atom stereocenters. The van der Waals surface area contributed by atoms with Crippen LogP contribution in [0.1, 0.15) is 23.7 Å². The Balaban J connectivity index is 2.23. The molecule has 0 spiro atoms. The lowest BCUT2D eigenvalue weighted by Gasteiger charge is -2.27. The van der Waals surface area contributed by atoms with Gasteiger partial charge in [0.05, 0.1) is 12.2 Å². The predicted molar refractivity (Wildman–Crippen MR) is 77.1 cm³/mol. The molecule has 132 valence electrons. The lowest BCUT2D eigenvalue weighted by Crippen LogP contribution is -2.47. The number of rotatable bonds is 4. The second-order valence-corrected chi connectivity index (χ2v) is 5.71. The summed E-state index contributed by atoms with van der Waals surface area (Å²) >= 11 is 5.91. The van der Waals surface area contributed by atoms with Crippen LogP contribution in [0.5, 0.6) is 5.88 Å². The van der Waals surface area contributed by atoms with Gasteiger partial charge in [-0.15, -0.1) is 0 Å². The zero-order valence-electron chi connectivity index (χ0n) is 12.6.